The summed E-state index contributed by atoms with van der Waals surface area (Å²) in [5, 5.41) is 17.0. The molecule has 1 N–H and O–H groups in total. The van der Waals surface area contributed by atoms with E-state index in [0.717, 1.165) is 12.0 Å². The van der Waals surface area contributed by atoms with Gasteiger partial charge in [-0.2, -0.15) is 0 Å². The van der Waals surface area contributed by atoms with E-state index in [2.05, 4.69) is 10.3 Å². The van der Waals surface area contributed by atoms with Crippen molar-refractivity contribution in [2.75, 3.05) is 13.2 Å². The summed E-state index contributed by atoms with van der Waals surface area (Å²) >= 11 is 0. The third-order valence-electron chi connectivity index (χ3n) is 3.20. The minimum atomic E-state index is -1.07. The molecule has 98 valence electrons. The minimum absolute atomic E-state index is 0.0156. The number of ether oxygens (including phenoxy) is 1. The number of carboxylic acid groups (broad SMARTS) is 1. The van der Waals surface area contributed by atoms with E-state index in [-0.39, 0.29) is 11.7 Å². The summed E-state index contributed by atoms with van der Waals surface area (Å²) in [4.78, 5) is 11.3. The van der Waals surface area contributed by atoms with E-state index in [0.29, 0.717) is 18.9 Å². The van der Waals surface area contributed by atoms with Gasteiger partial charge in [0.15, 0.2) is 5.69 Å². The monoisotopic (exact) mass is 259 g/mol. The van der Waals surface area contributed by atoms with E-state index in [1.165, 1.54) is 0 Å². The van der Waals surface area contributed by atoms with Crippen LogP contribution in [0.5, 0.6) is 0 Å². The predicted molar refractivity (Wildman–Crippen MR) is 66.9 cm³/mol. The van der Waals surface area contributed by atoms with E-state index in [4.69, 9.17) is 4.74 Å². The summed E-state index contributed by atoms with van der Waals surface area (Å²) in [6.07, 6.45) is 0.822. The van der Waals surface area contributed by atoms with Crippen molar-refractivity contribution < 1.29 is 14.6 Å². The van der Waals surface area contributed by atoms with Crippen LogP contribution in [-0.2, 0) is 4.74 Å². The van der Waals surface area contributed by atoms with E-state index < -0.39 is 5.97 Å². The third kappa shape index (κ3) is 2.10. The Morgan fingerprint density at radius 3 is 2.79 bits per heavy atom. The molecule has 0 amide bonds. The fourth-order valence-electron chi connectivity index (χ4n) is 2.27. The summed E-state index contributed by atoms with van der Waals surface area (Å²) < 4.78 is 7.01. The number of carboxylic acids is 1. The van der Waals surface area contributed by atoms with Gasteiger partial charge in [0.05, 0.1) is 12.6 Å². The second-order valence-electron chi connectivity index (χ2n) is 4.42. The molecule has 0 spiro atoms. The molecular weight excluding hydrogens is 246 g/mol. The van der Waals surface area contributed by atoms with Crippen molar-refractivity contribution in [1.29, 1.82) is 0 Å². The molecule has 1 unspecified atom stereocenters. The van der Waals surface area contributed by atoms with Crippen LogP contribution in [0.2, 0.25) is 0 Å². The number of aromatic nitrogens is 3. The van der Waals surface area contributed by atoms with Crippen LogP contribution >= 0.6 is 0 Å². The highest BCUT2D eigenvalue weighted by Crippen LogP contribution is 2.28. The van der Waals surface area contributed by atoms with Gasteiger partial charge in [0, 0.05) is 12.2 Å². The second kappa shape index (κ2) is 4.81. The molecule has 1 aromatic carbocycles. The molecule has 0 aliphatic carbocycles. The zero-order valence-electron chi connectivity index (χ0n) is 10.2. The minimum Gasteiger partial charge on any atom is -0.476 e. The van der Waals surface area contributed by atoms with Crippen molar-refractivity contribution in [1.82, 2.24) is 15.0 Å². The van der Waals surface area contributed by atoms with Gasteiger partial charge in [-0.15, -0.1) is 5.10 Å². The van der Waals surface area contributed by atoms with Crippen LogP contribution in [0.4, 0.5) is 0 Å². The Morgan fingerprint density at radius 2 is 2.16 bits per heavy atom. The second-order valence-corrected chi connectivity index (χ2v) is 4.42. The van der Waals surface area contributed by atoms with Crippen LogP contribution in [0.1, 0.15) is 23.0 Å². The summed E-state index contributed by atoms with van der Waals surface area (Å²) in [6, 6.07) is 9.38. The predicted octanol–water partition coefficient (Wildman–Crippen LogP) is 1.60. The van der Waals surface area contributed by atoms with Gasteiger partial charge in [0.1, 0.15) is 5.69 Å². The molecule has 1 aliphatic heterocycles. The maximum Gasteiger partial charge on any atom is 0.358 e. The molecule has 19 heavy (non-hydrogen) atoms. The number of hydrogen-bond donors (Lipinski definition) is 1. The molecule has 0 bridgehead atoms. The van der Waals surface area contributed by atoms with Gasteiger partial charge < -0.3 is 9.84 Å². The van der Waals surface area contributed by atoms with Gasteiger partial charge in [-0.1, -0.05) is 35.5 Å². The van der Waals surface area contributed by atoms with Crippen LogP contribution in [0.3, 0.4) is 0 Å². The van der Waals surface area contributed by atoms with Crippen molar-refractivity contribution >= 4 is 5.97 Å². The van der Waals surface area contributed by atoms with Gasteiger partial charge >= 0.3 is 5.97 Å². The highest BCUT2D eigenvalue weighted by molar-refractivity contribution is 5.92. The SMILES string of the molecule is O=C(O)c1nnn(C2CCOC2)c1-c1ccccc1. The first kappa shape index (κ1) is 11.9. The van der Waals surface area contributed by atoms with E-state index >= 15 is 0 Å². The van der Waals surface area contributed by atoms with Crippen LogP contribution in [0.15, 0.2) is 30.3 Å². The fraction of sp³-hybridized carbons (Fsp3) is 0.308. The standard InChI is InChI=1S/C13H13N3O3/c17-13(18)11-12(9-4-2-1-3-5-9)16(15-14-11)10-6-7-19-8-10/h1-5,10H,6-8H2,(H,17,18). The third-order valence-corrected chi connectivity index (χ3v) is 3.20. The number of hydrogen-bond acceptors (Lipinski definition) is 4. The topological polar surface area (TPSA) is 77.2 Å². The Kier molecular flexibility index (Phi) is 3.00. The van der Waals surface area contributed by atoms with Crippen LogP contribution in [-0.4, -0.2) is 39.3 Å². The van der Waals surface area contributed by atoms with E-state index in [9.17, 15) is 9.90 Å². The Labute approximate surface area is 109 Å². The molecule has 1 atom stereocenters. The summed E-state index contributed by atoms with van der Waals surface area (Å²) in [5.41, 5.74) is 1.33. The Balaban J connectivity index is 2.13. The molecule has 2 aromatic rings. The molecule has 6 nitrogen and oxygen atoms in total. The number of rotatable bonds is 3. The van der Waals surface area contributed by atoms with Crippen molar-refractivity contribution in [2.24, 2.45) is 0 Å². The molecule has 1 aromatic heterocycles. The van der Waals surface area contributed by atoms with Gasteiger partial charge in [-0.3, -0.25) is 0 Å². The summed E-state index contributed by atoms with van der Waals surface area (Å²) in [7, 11) is 0. The lowest BCUT2D eigenvalue weighted by atomic mass is 10.1. The van der Waals surface area contributed by atoms with Crippen LogP contribution in [0.25, 0.3) is 11.3 Å². The molecule has 6 heteroatoms. The zero-order valence-corrected chi connectivity index (χ0v) is 10.2. The van der Waals surface area contributed by atoms with Crippen molar-refractivity contribution in [2.45, 2.75) is 12.5 Å². The molecule has 0 radical (unpaired) electrons. The average molecular weight is 259 g/mol. The van der Waals surface area contributed by atoms with Crippen molar-refractivity contribution in [3.8, 4) is 11.3 Å². The van der Waals surface area contributed by atoms with Crippen molar-refractivity contribution in [3.63, 3.8) is 0 Å². The highest BCUT2D eigenvalue weighted by atomic mass is 16.5. The number of nitrogens with zero attached hydrogens (tertiary/aromatic N) is 3. The van der Waals surface area contributed by atoms with Crippen LogP contribution < -0.4 is 0 Å². The average Bonchev–Trinajstić information content (AvgIpc) is 3.08. The first-order valence-corrected chi connectivity index (χ1v) is 6.09. The Bertz CT molecular complexity index is 588. The Hall–Kier alpha value is -2.21. The van der Waals surface area contributed by atoms with Gasteiger partial charge in [0.25, 0.3) is 0 Å². The van der Waals surface area contributed by atoms with Crippen molar-refractivity contribution in [3.05, 3.63) is 36.0 Å². The van der Waals surface area contributed by atoms with E-state index in [1.807, 2.05) is 30.3 Å². The Morgan fingerprint density at radius 1 is 1.37 bits per heavy atom. The molecule has 0 saturated carbocycles. The molecule has 1 saturated heterocycles. The molecular formula is C13H13N3O3. The number of benzene rings is 1. The van der Waals surface area contributed by atoms with Gasteiger partial charge in [-0.25, -0.2) is 9.48 Å². The highest BCUT2D eigenvalue weighted by Gasteiger charge is 2.27. The van der Waals surface area contributed by atoms with Gasteiger partial charge in [-0.05, 0) is 6.42 Å². The lowest BCUT2D eigenvalue weighted by Crippen LogP contribution is -2.12. The largest absolute Gasteiger partial charge is 0.476 e. The normalized spacial score (nSPS) is 18.6. The van der Waals surface area contributed by atoms with Crippen LogP contribution in [0, 0.1) is 0 Å². The maximum atomic E-state index is 11.3. The molecule has 3 rings (SSSR count). The quantitative estimate of drug-likeness (QED) is 0.906. The summed E-state index contributed by atoms with van der Waals surface area (Å²) in [5.74, 6) is -1.07. The zero-order chi connectivity index (χ0) is 13.2. The first-order valence-electron chi connectivity index (χ1n) is 6.09. The fourth-order valence-corrected chi connectivity index (χ4v) is 2.27. The first-order chi connectivity index (χ1) is 9.27. The number of aromatic carboxylic acids is 1. The number of carbonyl (C=O) groups is 1. The lowest BCUT2D eigenvalue weighted by Gasteiger charge is -2.12. The smallest absolute Gasteiger partial charge is 0.358 e. The summed E-state index contributed by atoms with van der Waals surface area (Å²) in [6.45, 7) is 1.21. The van der Waals surface area contributed by atoms with E-state index in [1.54, 1.807) is 4.68 Å². The molecule has 1 fully saturated rings. The molecule has 2 heterocycles. The molecule has 1 aliphatic rings. The lowest BCUT2D eigenvalue weighted by molar-refractivity contribution is 0.0691. The van der Waals surface area contributed by atoms with Gasteiger partial charge in [0.2, 0.25) is 0 Å². The maximum absolute atomic E-state index is 11.3.